The Balaban J connectivity index is 2.34. The van der Waals surface area contributed by atoms with E-state index >= 15 is 0 Å². The third-order valence-corrected chi connectivity index (χ3v) is 5.13. The number of alkyl halides is 12. The molecule has 0 unspecified atom stereocenters. The molecule has 0 bridgehead atoms. The Labute approximate surface area is 199 Å². The van der Waals surface area contributed by atoms with Gasteiger partial charge in [-0.15, -0.1) is 0 Å². The van der Waals surface area contributed by atoms with Crippen molar-refractivity contribution >= 4 is 28.7 Å². The molecule has 3 aromatic rings. The van der Waals surface area contributed by atoms with E-state index in [0.717, 1.165) is 6.07 Å². The molecule has 194 valence electrons. The van der Waals surface area contributed by atoms with E-state index in [1.807, 2.05) is 0 Å². The van der Waals surface area contributed by atoms with Crippen molar-refractivity contribution in [1.29, 1.82) is 0 Å². The van der Waals surface area contributed by atoms with E-state index < -0.39 is 69.0 Å². The lowest BCUT2D eigenvalue weighted by Gasteiger charge is -2.28. The first-order valence-corrected chi connectivity index (χ1v) is 9.80. The summed E-state index contributed by atoms with van der Waals surface area (Å²) in [7, 11) is 0. The van der Waals surface area contributed by atoms with Gasteiger partial charge >= 0.3 is 24.7 Å². The molecular weight excluding hydrogens is 542 g/mol. The van der Waals surface area contributed by atoms with Crippen LogP contribution in [0.25, 0.3) is 0 Å². The molecule has 3 aromatic carbocycles. The van der Waals surface area contributed by atoms with E-state index in [2.05, 4.69) is 0 Å². The van der Waals surface area contributed by atoms with Crippen LogP contribution in [-0.4, -0.2) is 0 Å². The first-order chi connectivity index (χ1) is 16.3. The van der Waals surface area contributed by atoms with Gasteiger partial charge in [-0.1, -0.05) is 11.6 Å². The largest absolute Gasteiger partial charge is 0.417 e. The molecule has 3 rings (SSSR count). The molecule has 1 nitrogen and oxygen atoms in total. The molecule has 0 aliphatic rings. The van der Waals surface area contributed by atoms with Crippen molar-refractivity contribution in [2.75, 3.05) is 4.90 Å². The fourth-order valence-electron chi connectivity index (χ4n) is 3.18. The summed E-state index contributed by atoms with van der Waals surface area (Å²) in [4.78, 5) is 0.524. The number of rotatable bonds is 3. The summed E-state index contributed by atoms with van der Waals surface area (Å²) < 4.78 is 159. The second-order valence-corrected chi connectivity index (χ2v) is 7.71. The van der Waals surface area contributed by atoms with E-state index in [9.17, 15) is 52.7 Å². The van der Waals surface area contributed by atoms with Crippen LogP contribution >= 0.6 is 11.6 Å². The molecule has 0 aliphatic heterocycles. The highest BCUT2D eigenvalue weighted by Gasteiger charge is 2.39. The van der Waals surface area contributed by atoms with Crippen molar-refractivity contribution in [2.24, 2.45) is 0 Å². The molecule has 0 fully saturated rings. The number of benzene rings is 3. The minimum atomic E-state index is -5.29. The van der Waals surface area contributed by atoms with Gasteiger partial charge in [0.15, 0.2) is 0 Å². The highest BCUT2D eigenvalue weighted by atomic mass is 35.5. The van der Waals surface area contributed by atoms with Gasteiger partial charge in [-0.05, 0) is 60.7 Å². The van der Waals surface area contributed by atoms with Crippen LogP contribution in [-0.2, 0) is 24.7 Å². The maximum absolute atomic E-state index is 13.4. The highest BCUT2D eigenvalue weighted by molar-refractivity contribution is 6.31. The van der Waals surface area contributed by atoms with Crippen LogP contribution in [0.1, 0.15) is 22.3 Å². The van der Waals surface area contributed by atoms with E-state index in [-0.39, 0.29) is 18.2 Å². The standard InChI is InChI=1S/C22H10ClF12N/c23-18-6-5-15(10-17(18)22(33,34)35)36(14-3-1-11(2-4-14)19(24,25)26)16-8-12(20(27,28)29)7-13(9-16)21(30,31)32/h1-10H. The van der Waals surface area contributed by atoms with Crippen LogP contribution in [0.5, 0.6) is 0 Å². The molecule has 0 radical (unpaired) electrons. The summed E-state index contributed by atoms with van der Waals surface area (Å²) in [5, 5.41) is -0.821. The van der Waals surface area contributed by atoms with Gasteiger partial charge in [-0.3, -0.25) is 0 Å². The normalized spacial score (nSPS) is 13.1. The summed E-state index contributed by atoms with van der Waals surface area (Å²) in [5.74, 6) is 0. The molecule has 0 heterocycles. The predicted molar refractivity (Wildman–Crippen MR) is 106 cm³/mol. The zero-order chi connectivity index (χ0) is 27.3. The van der Waals surface area contributed by atoms with Crippen molar-refractivity contribution in [3.63, 3.8) is 0 Å². The summed E-state index contributed by atoms with van der Waals surface area (Å²) in [6, 6.07) is 4.52. The van der Waals surface area contributed by atoms with Gasteiger partial charge in [-0.25, -0.2) is 0 Å². The van der Waals surface area contributed by atoms with Crippen molar-refractivity contribution in [3.05, 3.63) is 87.9 Å². The molecule has 0 N–H and O–H groups in total. The van der Waals surface area contributed by atoms with Crippen LogP contribution in [0.3, 0.4) is 0 Å². The quantitative estimate of drug-likeness (QED) is 0.293. The topological polar surface area (TPSA) is 3.24 Å². The Hall–Kier alpha value is -3.09. The third kappa shape index (κ3) is 6.00. The van der Waals surface area contributed by atoms with E-state index in [1.54, 1.807) is 0 Å². The number of hydrogen-bond acceptors (Lipinski definition) is 1. The molecule has 0 aliphatic carbocycles. The first kappa shape index (κ1) is 27.5. The minimum Gasteiger partial charge on any atom is -0.310 e. The summed E-state index contributed by atoms with van der Waals surface area (Å²) >= 11 is 5.56. The smallest absolute Gasteiger partial charge is 0.310 e. The van der Waals surface area contributed by atoms with Crippen LogP contribution in [0.15, 0.2) is 60.7 Å². The lowest BCUT2D eigenvalue weighted by atomic mass is 10.0. The van der Waals surface area contributed by atoms with Crippen LogP contribution < -0.4 is 4.90 Å². The van der Waals surface area contributed by atoms with Gasteiger partial charge in [-0.2, -0.15) is 52.7 Å². The van der Waals surface area contributed by atoms with Crippen LogP contribution in [0.4, 0.5) is 69.7 Å². The lowest BCUT2D eigenvalue weighted by Crippen LogP contribution is -2.17. The molecule has 0 saturated carbocycles. The molecule has 0 spiro atoms. The van der Waals surface area contributed by atoms with Crippen molar-refractivity contribution < 1.29 is 52.7 Å². The minimum absolute atomic E-state index is 0.197. The maximum atomic E-state index is 13.4. The summed E-state index contributed by atoms with van der Waals surface area (Å²) in [5.41, 5.74) is -8.22. The van der Waals surface area contributed by atoms with Crippen LogP contribution in [0, 0.1) is 0 Å². The first-order valence-electron chi connectivity index (χ1n) is 9.42. The van der Waals surface area contributed by atoms with Crippen LogP contribution in [0.2, 0.25) is 5.02 Å². The predicted octanol–water partition coefficient (Wildman–Crippen LogP) is 9.88. The average molecular weight is 552 g/mol. The fourth-order valence-corrected chi connectivity index (χ4v) is 3.41. The zero-order valence-electron chi connectivity index (χ0n) is 17.1. The Morgan fingerprint density at radius 3 is 1.31 bits per heavy atom. The molecule has 14 heteroatoms. The Morgan fingerprint density at radius 1 is 0.444 bits per heavy atom. The van der Waals surface area contributed by atoms with Gasteiger partial charge in [0.25, 0.3) is 0 Å². The molecular formula is C22H10ClF12N. The van der Waals surface area contributed by atoms with Gasteiger partial charge in [0.05, 0.1) is 27.3 Å². The van der Waals surface area contributed by atoms with Gasteiger partial charge in [0, 0.05) is 17.1 Å². The maximum Gasteiger partial charge on any atom is 0.417 e. The molecule has 0 amide bonds. The monoisotopic (exact) mass is 551 g/mol. The average Bonchev–Trinajstić information content (AvgIpc) is 2.72. The molecule has 0 saturated heterocycles. The van der Waals surface area contributed by atoms with Crippen molar-refractivity contribution in [1.82, 2.24) is 0 Å². The second-order valence-electron chi connectivity index (χ2n) is 7.31. The van der Waals surface area contributed by atoms with E-state index in [0.29, 0.717) is 41.3 Å². The van der Waals surface area contributed by atoms with Gasteiger partial charge in [0.2, 0.25) is 0 Å². The van der Waals surface area contributed by atoms with Gasteiger partial charge < -0.3 is 4.90 Å². The zero-order valence-corrected chi connectivity index (χ0v) is 17.9. The second kappa shape index (κ2) is 9.09. The Morgan fingerprint density at radius 2 is 0.889 bits per heavy atom. The Kier molecular flexibility index (Phi) is 6.94. The summed E-state index contributed by atoms with van der Waals surface area (Å²) in [6.07, 6.45) is -20.5. The van der Waals surface area contributed by atoms with E-state index in [1.165, 1.54) is 0 Å². The van der Waals surface area contributed by atoms with E-state index in [4.69, 9.17) is 11.6 Å². The fraction of sp³-hybridized carbons (Fsp3) is 0.182. The molecule has 0 atom stereocenters. The third-order valence-electron chi connectivity index (χ3n) is 4.80. The van der Waals surface area contributed by atoms with Crippen molar-refractivity contribution in [3.8, 4) is 0 Å². The SMILES string of the molecule is FC(F)(F)c1ccc(N(c2cc(C(F)(F)F)cc(C(F)(F)F)c2)c2ccc(Cl)c(C(F)(F)F)c2)cc1. The molecule has 0 aromatic heterocycles. The number of halogens is 13. The lowest BCUT2D eigenvalue weighted by molar-refractivity contribution is -0.143. The van der Waals surface area contributed by atoms with Crippen molar-refractivity contribution in [2.45, 2.75) is 24.7 Å². The summed E-state index contributed by atoms with van der Waals surface area (Å²) in [6.45, 7) is 0. The highest BCUT2D eigenvalue weighted by Crippen LogP contribution is 2.45. The Bertz CT molecular complexity index is 1210. The number of anilines is 3. The molecule has 36 heavy (non-hydrogen) atoms. The number of nitrogens with zero attached hydrogens (tertiary/aromatic N) is 1. The number of hydrogen-bond donors (Lipinski definition) is 0. The van der Waals surface area contributed by atoms with Gasteiger partial charge in [0.1, 0.15) is 0 Å².